The second kappa shape index (κ2) is 12.1. The van der Waals surface area contributed by atoms with Gasteiger partial charge in [-0.25, -0.2) is 15.0 Å². The molecule has 2 amide bonds. The van der Waals surface area contributed by atoms with Crippen molar-refractivity contribution >= 4 is 52.1 Å². The van der Waals surface area contributed by atoms with E-state index in [2.05, 4.69) is 25.6 Å². The van der Waals surface area contributed by atoms with Crippen molar-refractivity contribution < 1.29 is 27.6 Å². The van der Waals surface area contributed by atoms with Gasteiger partial charge in [-0.15, -0.1) is 11.3 Å². The van der Waals surface area contributed by atoms with Crippen molar-refractivity contribution in [2.75, 3.05) is 24.5 Å². The first kappa shape index (κ1) is 28.9. The Hall–Kier alpha value is -3.62. The fraction of sp³-hybridized carbons (Fsp3) is 0.333. The minimum atomic E-state index is -4.59. The number of hydrogen-bond donors (Lipinski definition) is 2. The van der Waals surface area contributed by atoms with Gasteiger partial charge < -0.3 is 10.2 Å². The minimum Gasteiger partial charge on any atom is -0.341 e. The summed E-state index contributed by atoms with van der Waals surface area (Å²) in [5.41, 5.74) is 0.224. The number of anilines is 1. The molecule has 5 heterocycles. The van der Waals surface area contributed by atoms with Gasteiger partial charge in [0.25, 0.3) is 11.1 Å². The molecule has 0 bridgehead atoms. The number of halogens is 3. The average Bonchev–Trinajstić information content (AvgIpc) is 3.55. The molecule has 41 heavy (non-hydrogen) atoms. The number of Topliss-reactive ketones (excluding diaryl/α,β-unsaturated/α-hetero) is 1. The topological polar surface area (TPSA) is 117 Å². The largest absolute Gasteiger partial charge is 0.433 e. The molecule has 0 spiro atoms. The lowest BCUT2D eigenvalue weighted by Gasteiger charge is -2.32. The van der Waals surface area contributed by atoms with E-state index in [-0.39, 0.29) is 22.9 Å². The highest BCUT2D eigenvalue weighted by Crippen LogP contribution is 2.33. The Bertz CT molecular complexity index is 1520. The van der Waals surface area contributed by atoms with Gasteiger partial charge in [-0.05, 0) is 86.0 Å². The van der Waals surface area contributed by atoms with E-state index >= 15 is 0 Å². The third kappa shape index (κ3) is 7.18. The van der Waals surface area contributed by atoms with Crippen LogP contribution in [-0.4, -0.2) is 51.5 Å². The number of nitrogens with zero attached hydrogens (tertiary/aromatic N) is 4. The van der Waals surface area contributed by atoms with Crippen LogP contribution in [0, 0.1) is 5.92 Å². The summed E-state index contributed by atoms with van der Waals surface area (Å²) in [6.07, 6.45) is 0.257. The number of hydrogen-bond acceptors (Lipinski definition) is 10. The first-order valence-electron chi connectivity index (χ1n) is 12.8. The number of nitrogens with one attached hydrogen (secondary N) is 2. The fourth-order valence-electron chi connectivity index (χ4n) is 4.53. The molecule has 214 valence electrons. The van der Waals surface area contributed by atoms with E-state index in [0.717, 1.165) is 42.0 Å². The van der Waals surface area contributed by atoms with Crippen LogP contribution in [0.3, 0.4) is 0 Å². The minimum absolute atomic E-state index is 0.146. The molecule has 0 saturated carbocycles. The van der Waals surface area contributed by atoms with Gasteiger partial charge in [-0.2, -0.15) is 13.2 Å². The molecular formula is C27H25F3N6O3S2. The van der Waals surface area contributed by atoms with Crippen LogP contribution in [0.4, 0.5) is 23.9 Å². The number of rotatable bonds is 8. The highest BCUT2D eigenvalue weighted by Gasteiger charge is 2.33. The highest BCUT2D eigenvalue weighted by atomic mass is 32.2. The molecule has 2 fully saturated rings. The van der Waals surface area contributed by atoms with Crippen LogP contribution in [0.5, 0.6) is 0 Å². The summed E-state index contributed by atoms with van der Waals surface area (Å²) in [6, 6.07) is 7.57. The zero-order chi connectivity index (χ0) is 29.1. The number of alkyl halides is 3. The average molecular weight is 603 g/mol. The molecule has 0 unspecified atom stereocenters. The van der Waals surface area contributed by atoms with Crippen molar-refractivity contribution in [1.29, 1.82) is 0 Å². The van der Waals surface area contributed by atoms with Crippen molar-refractivity contribution in [2.45, 2.75) is 32.5 Å². The Morgan fingerprint density at radius 2 is 1.95 bits per heavy atom. The summed E-state index contributed by atoms with van der Waals surface area (Å²) in [5, 5.41) is 5.09. The van der Waals surface area contributed by atoms with E-state index < -0.39 is 23.0 Å². The number of imide groups is 1. The molecule has 14 heteroatoms. The predicted octanol–water partition coefficient (Wildman–Crippen LogP) is 5.15. The summed E-state index contributed by atoms with van der Waals surface area (Å²) in [6.45, 7) is 3.70. The van der Waals surface area contributed by atoms with Crippen LogP contribution >= 0.6 is 23.1 Å². The summed E-state index contributed by atoms with van der Waals surface area (Å²) >= 11 is 1.95. The quantitative estimate of drug-likeness (QED) is 0.267. The number of carbonyl (C=O) groups is 3. The second-order valence-electron chi connectivity index (χ2n) is 9.66. The maximum atomic E-state index is 13.6. The Morgan fingerprint density at radius 3 is 2.61 bits per heavy atom. The molecule has 0 radical (unpaired) electrons. The van der Waals surface area contributed by atoms with Gasteiger partial charge in [-0.1, -0.05) is 0 Å². The lowest BCUT2D eigenvalue weighted by atomic mass is 9.97. The first-order chi connectivity index (χ1) is 19.5. The molecule has 2 aliphatic rings. The molecule has 0 aromatic carbocycles. The normalized spacial score (nSPS) is 17.4. The number of aromatic nitrogens is 3. The Kier molecular flexibility index (Phi) is 8.52. The summed E-state index contributed by atoms with van der Waals surface area (Å²) < 4.78 is 40.7. The summed E-state index contributed by atoms with van der Waals surface area (Å²) in [5.74, 6) is 0.262. The number of ketones is 1. The molecule has 2 N–H and O–H groups in total. The van der Waals surface area contributed by atoms with Gasteiger partial charge in [0.1, 0.15) is 5.69 Å². The van der Waals surface area contributed by atoms with E-state index in [1.165, 1.54) is 6.92 Å². The van der Waals surface area contributed by atoms with Crippen molar-refractivity contribution in [3.05, 3.63) is 63.3 Å². The standard InChI is InChI=1S/C27H25F3N6O3S2/c1-15(37)20-2-3-21(40-20)19-10-17(11-23(34-19)27(28,29)30)14-31-13-16-5-8-36(9-6-16)25-32-7-4-18(33-25)12-22-24(38)35-26(39)41-22/h2-4,7,10-12,16,31H,5-6,8-9,13-14H2,1H3,(H,35,38,39)/b22-12+. The third-order valence-electron chi connectivity index (χ3n) is 6.63. The van der Waals surface area contributed by atoms with E-state index in [9.17, 15) is 27.6 Å². The zero-order valence-corrected chi connectivity index (χ0v) is 23.5. The lowest BCUT2D eigenvalue weighted by Crippen LogP contribution is -2.38. The zero-order valence-electron chi connectivity index (χ0n) is 21.8. The van der Waals surface area contributed by atoms with Crippen LogP contribution in [0.1, 0.15) is 46.4 Å². The van der Waals surface area contributed by atoms with Gasteiger partial charge in [-0.3, -0.25) is 19.7 Å². The van der Waals surface area contributed by atoms with Gasteiger partial charge in [0.05, 0.1) is 26.0 Å². The Morgan fingerprint density at radius 1 is 1.17 bits per heavy atom. The van der Waals surface area contributed by atoms with Gasteiger partial charge in [0, 0.05) is 25.8 Å². The maximum absolute atomic E-state index is 13.6. The van der Waals surface area contributed by atoms with E-state index in [0.29, 0.717) is 52.5 Å². The van der Waals surface area contributed by atoms with Crippen LogP contribution in [0.2, 0.25) is 0 Å². The fourth-order valence-corrected chi connectivity index (χ4v) is 6.06. The van der Waals surface area contributed by atoms with Crippen LogP contribution in [0.15, 0.2) is 41.4 Å². The predicted molar refractivity (Wildman–Crippen MR) is 150 cm³/mol. The first-order valence-corrected chi connectivity index (χ1v) is 14.4. The van der Waals surface area contributed by atoms with E-state index in [1.54, 1.807) is 36.5 Å². The molecule has 2 aliphatic heterocycles. The van der Waals surface area contributed by atoms with Crippen LogP contribution in [0.25, 0.3) is 16.6 Å². The van der Waals surface area contributed by atoms with Crippen molar-refractivity contribution in [2.24, 2.45) is 5.92 Å². The molecule has 3 aromatic heterocycles. The molecule has 0 aliphatic carbocycles. The Balaban J connectivity index is 1.17. The number of pyridine rings is 1. The monoisotopic (exact) mass is 602 g/mol. The van der Waals surface area contributed by atoms with Crippen LogP contribution < -0.4 is 15.5 Å². The van der Waals surface area contributed by atoms with Crippen LogP contribution in [-0.2, 0) is 17.5 Å². The highest BCUT2D eigenvalue weighted by molar-refractivity contribution is 8.18. The molecule has 2 saturated heterocycles. The molecule has 9 nitrogen and oxygen atoms in total. The number of carbonyl (C=O) groups excluding carboxylic acids is 3. The number of thioether (sulfide) groups is 1. The SMILES string of the molecule is CC(=O)c1ccc(-c2cc(CNCC3CCN(c4nccc(/C=C5/SC(=O)NC5=O)n4)CC3)cc(C(F)(F)F)n2)s1. The van der Waals surface area contributed by atoms with Crippen molar-refractivity contribution in [1.82, 2.24) is 25.6 Å². The van der Waals surface area contributed by atoms with E-state index in [1.807, 2.05) is 4.90 Å². The molecular weight excluding hydrogens is 577 g/mol. The number of amides is 2. The van der Waals surface area contributed by atoms with Gasteiger partial charge >= 0.3 is 6.18 Å². The Labute approximate surface area is 241 Å². The molecule has 0 atom stereocenters. The molecule has 5 rings (SSSR count). The molecule has 3 aromatic rings. The lowest BCUT2D eigenvalue weighted by molar-refractivity contribution is -0.141. The number of piperidine rings is 1. The van der Waals surface area contributed by atoms with Gasteiger partial charge in [0.15, 0.2) is 5.78 Å². The smallest absolute Gasteiger partial charge is 0.341 e. The van der Waals surface area contributed by atoms with Gasteiger partial charge in [0.2, 0.25) is 5.95 Å². The maximum Gasteiger partial charge on any atom is 0.433 e. The van der Waals surface area contributed by atoms with E-state index in [4.69, 9.17) is 0 Å². The summed E-state index contributed by atoms with van der Waals surface area (Å²) in [4.78, 5) is 50.8. The second-order valence-corrected chi connectivity index (χ2v) is 11.8. The van der Waals surface area contributed by atoms with Crippen molar-refractivity contribution in [3.63, 3.8) is 0 Å². The number of thiophene rings is 1. The summed E-state index contributed by atoms with van der Waals surface area (Å²) in [7, 11) is 0. The van der Waals surface area contributed by atoms with Crippen molar-refractivity contribution in [3.8, 4) is 10.6 Å². The third-order valence-corrected chi connectivity index (χ3v) is 8.65.